The van der Waals surface area contributed by atoms with Gasteiger partial charge in [0.25, 0.3) is 11.8 Å². The van der Waals surface area contributed by atoms with E-state index in [2.05, 4.69) is 5.32 Å². The molecule has 39 heavy (non-hydrogen) atoms. The van der Waals surface area contributed by atoms with Crippen molar-refractivity contribution in [3.05, 3.63) is 98.2 Å². The van der Waals surface area contributed by atoms with Gasteiger partial charge in [-0.3, -0.25) is 14.4 Å². The number of rotatable bonds is 8. The molecule has 8 nitrogen and oxygen atoms in total. The van der Waals surface area contributed by atoms with Crippen LogP contribution in [0.3, 0.4) is 0 Å². The number of fused-ring (bicyclic) bond motifs is 1. The molecule has 2 amide bonds. The Balaban J connectivity index is 1.53. The number of nitrogens with one attached hydrogen (secondary N) is 1. The van der Waals surface area contributed by atoms with E-state index in [1.165, 1.54) is 18.3 Å². The van der Waals surface area contributed by atoms with Gasteiger partial charge >= 0.3 is 0 Å². The van der Waals surface area contributed by atoms with E-state index in [4.69, 9.17) is 21.1 Å². The molecule has 0 saturated heterocycles. The van der Waals surface area contributed by atoms with Gasteiger partial charge in [0, 0.05) is 38.5 Å². The molecule has 204 valence electrons. The highest BCUT2D eigenvalue weighted by molar-refractivity contribution is 6.30. The van der Waals surface area contributed by atoms with E-state index < -0.39 is 22.7 Å². The number of halogens is 2. The van der Waals surface area contributed by atoms with Crippen molar-refractivity contribution in [2.75, 3.05) is 13.7 Å². The van der Waals surface area contributed by atoms with Crippen LogP contribution in [-0.2, 0) is 24.4 Å². The lowest BCUT2D eigenvalue weighted by Crippen LogP contribution is -2.66. The van der Waals surface area contributed by atoms with Gasteiger partial charge in [0.2, 0.25) is 5.43 Å². The highest BCUT2D eigenvalue weighted by Crippen LogP contribution is 2.45. The summed E-state index contributed by atoms with van der Waals surface area (Å²) in [5.41, 5.74) is -0.284. The molecule has 5 rings (SSSR count). The third-order valence-electron chi connectivity index (χ3n) is 7.53. The monoisotopic (exact) mass is 553 g/mol. The van der Waals surface area contributed by atoms with Gasteiger partial charge in [0.15, 0.2) is 11.4 Å². The van der Waals surface area contributed by atoms with Gasteiger partial charge in [-0.15, -0.1) is 0 Å². The normalized spacial score (nSPS) is 19.9. The van der Waals surface area contributed by atoms with Crippen LogP contribution < -0.4 is 15.5 Å². The van der Waals surface area contributed by atoms with E-state index in [0.717, 1.165) is 5.56 Å². The van der Waals surface area contributed by atoms with Crippen LogP contribution in [0.25, 0.3) is 0 Å². The number of carbonyl (C=O) groups excluding carboxylic acids is 2. The van der Waals surface area contributed by atoms with Crippen molar-refractivity contribution in [2.24, 2.45) is 0 Å². The fraction of sp³-hybridized carbons (Fsp3) is 0.345. The second-order valence-corrected chi connectivity index (χ2v) is 10.3. The highest BCUT2D eigenvalue weighted by atomic mass is 35.5. The van der Waals surface area contributed by atoms with Crippen molar-refractivity contribution in [2.45, 2.75) is 51.1 Å². The first-order valence-electron chi connectivity index (χ1n) is 12.8. The Morgan fingerprint density at radius 2 is 1.90 bits per heavy atom. The molecule has 1 aromatic heterocycles. The van der Waals surface area contributed by atoms with E-state index >= 15 is 0 Å². The number of benzene rings is 2. The number of carbonyl (C=O) groups is 2. The van der Waals surface area contributed by atoms with Gasteiger partial charge in [0.05, 0.1) is 16.7 Å². The molecule has 0 radical (unpaired) electrons. The summed E-state index contributed by atoms with van der Waals surface area (Å²) in [5.74, 6) is -1.85. The smallest absolute Gasteiger partial charge is 0.275 e. The third-order valence-corrected chi connectivity index (χ3v) is 7.82. The van der Waals surface area contributed by atoms with Gasteiger partial charge in [-0.25, -0.2) is 4.39 Å². The lowest BCUT2D eigenvalue weighted by atomic mass is 9.71. The minimum Gasteiger partial charge on any atom is -0.483 e. The number of amides is 2. The molecule has 3 aromatic rings. The SMILES string of the molecule is CCN1C(=O)c2c(OCc3ccccc3)c(=O)c(C(=O)NCc3cccc(Cl)c3F)cn2C[C@]12C[C@H](OC)C2. The van der Waals surface area contributed by atoms with Crippen LogP contribution >= 0.6 is 11.6 Å². The molecule has 0 unspecified atom stereocenters. The summed E-state index contributed by atoms with van der Waals surface area (Å²) in [6.45, 7) is 2.60. The zero-order valence-corrected chi connectivity index (χ0v) is 22.5. The summed E-state index contributed by atoms with van der Waals surface area (Å²) in [5, 5.41) is 2.54. The Morgan fingerprint density at radius 3 is 2.59 bits per heavy atom. The van der Waals surface area contributed by atoms with Crippen LogP contribution in [0.1, 0.15) is 51.7 Å². The zero-order chi connectivity index (χ0) is 27.7. The highest BCUT2D eigenvalue weighted by Gasteiger charge is 2.54. The molecule has 1 saturated carbocycles. The second-order valence-electron chi connectivity index (χ2n) is 9.89. The first kappa shape index (κ1) is 26.9. The van der Waals surface area contributed by atoms with Crippen molar-refractivity contribution in [1.82, 2.24) is 14.8 Å². The summed E-state index contributed by atoms with van der Waals surface area (Å²) >= 11 is 5.86. The van der Waals surface area contributed by atoms with E-state index in [1.54, 1.807) is 22.6 Å². The molecule has 1 N–H and O–H groups in total. The summed E-state index contributed by atoms with van der Waals surface area (Å²) < 4.78 is 27.5. The van der Waals surface area contributed by atoms with E-state index in [0.29, 0.717) is 25.9 Å². The first-order valence-corrected chi connectivity index (χ1v) is 13.2. The first-order chi connectivity index (χ1) is 18.8. The maximum absolute atomic E-state index is 14.4. The summed E-state index contributed by atoms with van der Waals surface area (Å²) in [6.07, 6.45) is 2.72. The largest absolute Gasteiger partial charge is 0.483 e. The number of methoxy groups -OCH3 is 1. The van der Waals surface area contributed by atoms with Gasteiger partial charge in [0.1, 0.15) is 18.0 Å². The van der Waals surface area contributed by atoms with Crippen molar-refractivity contribution >= 4 is 23.4 Å². The molecule has 1 fully saturated rings. The van der Waals surface area contributed by atoms with Crippen LogP contribution in [0.4, 0.5) is 4.39 Å². The van der Waals surface area contributed by atoms with Crippen LogP contribution in [0, 0.1) is 5.82 Å². The van der Waals surface area contributed by atoms with Gasteiger partial charge in [-0.05, 0) is 31.4 Å². The molecular weight excluding hydrogens is 525 g/mol. The van der Waals surface area contributed by atoms with E-state index in [9.17, 15) is 18.8 Å². The predicted octanol–water partition coefficient (Wildman–Crippen LogP) is 4.17. The number of hydrogen-bond acceptors (Lipinski definition) is 5. The minimum atomic E-state index is -0.706. The topological polar surface area (TPSA) is 89.9 Å². The Kier molecular flexibility index (Phi) is 7.46. The fourth-order valence-corrected chi connectivity index (χ4v) is 5.69. The lowest BCUT2D eigenvalue weighted by molar-refractivity contribution is -0.0911. The summed E-state index contributed by atoms with van der Waals surface area (Å²) in [7, 11) is 1.64. The Morgan fingerprint density at radius 1 is 1.15 bits per heavy atom. The number of pyridine rings is 1. The van der Waals surface area contributed by atoms with Crippen molar-refractivity contribution in [3.63, 3.8) is 0 Å². The van der Waals surface area contributed by atoms with Crippen molar-refractivity contribution < 1.29 is 23.5 Å². The molecule has 10 heteroatoms. The summed E-state index contributed by atoms with van der Waals surface area (Å²) in [4.78, 5) is 42.4. The van der Waals surface area contributed by atoms with Crippen molar-refractivity contribution in [1.29, 1.82) is 0 Å². The van der Waals surface area contributed by atoms with Crippen molar-refractivity contribution in [3.8, 4) is 5.75 Å². The standard InChI is InChI=1S/C29H29ClFN3O5/c1-3-34-28(37)24-26(39-16-18-8-5-4-6-9-18)25(35)21(15-33(24)17-29(34)12-20(13-29)38-2)27(36)32-14-19-10-7-11-22(30)23(19)31/h4-11,15,20H,3,12-14,16-17H2,1-2H3,(H,32,36)/t20-,29+. The maximum atomic E-state index is 14.4. The molecule has 2 aromatic carbocycles. The molecular formula is C29H29ClFN3O5. The molecule has 1 aliphatic carbocycles. The number of aromatic nitrogens is 1. The van der Waals surface area contributed by atoms with Crippen LogP contribution in [-0.4, -0.2) is 46.6 Å². The lowest BCUT2D eigenvalue weighted by Gasteiger charge is -2.56. The number of nitrogens with zero attached hydrogens (tertiary/aromatic N) is 2. The quantitative estimate of drug-likeness (QED) is 0.452. The van der Waals surface area contributed by atoms with Crippen LogP contribution in [0.5, 0.6) is 5.75 Å². The number of likely N-dealkylation sites (N-methyl/N-ethyl adjacent to an activating group) is 1. The molecule has 2 aliphatic rings. The average molecular weight is 554 g/mol. The molecule has 1 aliphatic heterocycles. The summed E-state index contributed by atoms with van der Waals surface area (Å²) in [6, 6.07) is 13.7. The predicted molar refractivity (Wildman–Crippen MR) is 144 cm³/mol. The second kappa shape index (κ2) is 10.8. The molecule has 2 heterocycles. The Labute approximate surface area is 230 Å². The zero-order valence-electron chi connectivity index (χ0n) is 21.7. The minimum absolute atomic E-state index is 0.0249. The van der Waals surface area contributed by atoms with Crippen LogP contribution in [0.2, 0.25) is 5.02 Å². The van der Waals surface area contributed by atoms with Gasteiger partial charge < -0.3 is 24.3 Å². The number of hydrogen-bond donors (Lipinski definition) is 1. The van der Waals surface area contributed by atoms with E-state index in [1.807, 2.05) is 37.3 Å². The Hall–Kier alpha value is -3.69. The van der Waals surface area contributed by atoms with E-state index in [-0.39, 0.29) is 52.8 Å². The molecule has 0 atom stereocenters. The third kappa shape index (κ3) is 4.92. The Bertz CT molecular complexity index is 1470. The molecule has 1 spiro atoms. The molecule has 0 bridgehead atoms. The fourth-order valence-electron chi connectivity index (χ4n) is 5.49. The van der Waals surface area contributed by atoms with Gasteiger partial charge in [-0.2, -0.15) is 0 Å². The average Bonchev–Trinajstić information content (AvgIpc) is 2.92. The van der Waals surface area contributed by atoms with Gasteiger partial charge in [-0.1, -0.05) is 54.1 Å². The number of ether oxygens (including phenoxy) is 2. The van der Waals surface area contributed by atoms with Crippen LogP contribution in [0.15, 0.2) is 59.5 Å². The maximum Gasteiger partial charge on any atom is 0.275 e.